The van der Waals surface area contributed by atoms with Gasteiger partial charge in [-0.1, -0.05) is 13.8 Å². The van der Waals surface area contributed by atoms with Crippen LogP contribution in [0.5, 0.6) is 11.5 Å². The summed E-state index contributed by atoms with van der Waals surface area (Å²) in [5, 5.41) is 43.3. The molecular formula is C19H28BrNO9. The van der Waals surface area contributed by atoms with Crippen molar-refractivity contribution in [3.63, 3.8) is 0 Å². The highest BCUT2D eigenvalue weighted by Crippen LogP contribution is 2.40. The molecule has 0 atom stereocenters. The van der Waals surface area contributed by atoms with E-state index in [1.54, 1.807) is 19.2 Å². The monoisotopic (exact) mass is 493 g/mol. The predicted octanol–water partition coefficient (Wildman–Crippen LogP) is 0.726. The number of ether oxygens (including phenoxy) is 3. The van der Waals surface area contributed by atoms with Gasteiger partial charge in [0.2, 0.25) is 5.91 Å². The topological polar surface area (TPSA) is 155 Å². The van der Waals surface area contributed by atoms with Gasteiger partial charge in [0.1, 0.15) is 17.1 Å². The summed E-state index contributed by atoms with van der Waals surface area (Å²) in [5.74, 6) is -8.91. The minimum Gasteiger partial charge on any atom is -0.496 e. The summed E-state index contributed by atoms with van der Waals surface area (Å²) >= 11 is 3.20. The number of carbonyl (C=O) groups excluding carboxylic acids is 2. The summed E-state index contributed by atoms with van der Waals surface area (Å²) in [6, 6.07) is 2.42. The zero-order valence-corrected chi connectivity index (χ0v) is 19.2. The summed E-state index contributed by atoms with van der Waals surface area (Å²) in [6.45, 7) is 6.15. The lowest BCUT2D eigenvalue weighted by atomic mass is 9.99. The second-order valence-corrected chi connectivity index (χ2v) is 8.45. The fraction of sp³-hybridized carbons (Fsp3) is 0.579. The van der Waals surface area contributed by atoms with Crippen LogP contribution in [0.25, 0.3) is 0 Å². The van der Waals surface area contributed by atoms with Gasteiger partial charge in [0.05, 0.1) is 36.6 Å². The molecule has 1 amide bonds. The van der Waals surface area contributed by atoms with E-state index >= 15 is 0 Å². The molecule has 10 nitrogen and oxygen atoms in total. The molecule has 0 aliphatic heterocycles. The number of hydrogen-bond acceptors (Lipinski definition) is 9. The zero-order chi connectivity index (χ0) is 23.5. The van der Waals surface area contributed by atoms with Gasteiger partial charge in [0, 0.05) is 0 Å². The van der Waals surface area contributed by atoms with Crippen molar-refractivity contribution < 1.29 is 44.2 Å². The maximum atomic E-state index is 12.3. The Hall–Kier alpha value is -1.92. The Kier molecular flexibility index (Phi) is 8.25. The molecular weight excluding hydrogens is 466 g/mol. The molecule has 0 bridgehead atoms. The lowest BCUT2D eigenvalue weighted by Crippen LogP contribution is -2.63. The van der Waals surface area contributed by atoms with Crippen molar-refractivity contribution in [1.29, 1.82) is 0 Å². The molecule has 170 valence electrons. The van der Waals surface area contributed by atoms with Crippen LogP contribution in [0, 0.1) is 5.92 Å². The summed E-state index contributed by atoms with van der Waals surface area (Å²) in [6.07, 6.45) is -0.481. The van der Waals surface area contributed by atoms with E-state index in [9.17, 15) is 30.0 Å². The SMILES string of the molecule is COc1cc(C(O)(O)C(O)(O)NC(=O)CC(C)(C)OC(=O)C(C)C)c(OC)cc1Br. The van der Waals surface area contributed by atoms with E-state index in [-0.39, 0.29) is 11.5 Å². The van der Waals surface area contributed by atoms with Gasteiger partial charge in [-0.15, -0.1) is 0 Å². The van der Waals surface area contributed by atoms with Gasteiger partial charge in [-0.05, 0) is 41.9 Å². The fourth-order valence-electron chi connectivity index (χ4n) is 2.46. The van der Waals surface area contributed by atoms with E-state index in [4.69, 9.17) is 14.2 Å². The number of benzene rings is 1. The number of carbonyl (C=O) groups is 2. The molecule has 0 saturated heterocycles. The number of hydrogen-bond donors (Lipinski definition) is 5. The second kappa shape index (κ2) is 9.48. The number of rotatable bonds is 9. The first-order valence-electron chi connectivity index (χ1n) is 8.93. The molecule has 0 aromatic heterocycles. The van der Waals surface area contributed by atoms with Crippen molar-refractivity contribution in [2.45, 2.75) is 51.4 Å². The maximum absolute atomic E-state index is 12.3. The van der Waals surface area contributed by atoms with Gasteiger partial charge in [-0.3, -0.25) is 9.59 Å². The number of esters is 1. The van der Waals surface area contributed by atoms with Crippen LogP contribution in [0.3, 0.4) is 0 Å². The standard InChI is InChI=1S/C19H28BrNO9/c1-10(2)16(23)30-17(3,4)9-15(22)21-19(26,27)18(24,25)11-7-14(29-6)12(20)8-13(11)28-5/h7-8,10,24-27H,9H2,1-6H3,(H,21,22). The summed E-state index contributed by atoms with van der Waals surface area (Å²) in [4.78, 5) is 24.1. The first-order chi connectivity index (χ1) is 13.6. The molecule has 1 rings (SSSR count). The van der Waals surface area contributed by atoms with Crippen molar-refractivity contribution in [3.05, 3.63) is 22.2 Å². The summed E-state index contributed by atoms with van der Waals surface area (Å²) in [7, 11) is 2.55. The average Bonchev–Trinajstić information content (AvgIpc) is 2.59. The van der Waals surface area contributed by atoms with Gasteiger partial charge in [0.25, 0.3) is 5.79 Å². The normalized spacial score (nSPS) is 12.5. The smallest absolute Gasteiger partial charge is 0.308 e. The Morgan fingerprint density at radius 3 is 2.07 bits per heavy atom. The zero-order valence-electron chi connectivity index (χ0n) is 17.6. The molecule has 0 radical (unpaired) electrons. The Bertz CT molecular complexity index is 790. The number of halogens is 1. The van der Waals surface area contributed by atoms with E-state index in [1.807, 2.05) is 0 Å². The minimum absolute atomic E-state index is 0.124. The van der Waals surface area contributed by atoms with Crippen LogP contribution in [0.15, 0.2) is 16.6 Å². The van der Waals surface area contributed by atoms with Gasteiger partial charge >= 0.3 is 11.9 Å². The third-order valence-corrected chi connectivity index (χ3v) is 4.70. The molecule has 1 aromatic rings. The molecule has 0 saturated carbocycles. The minimum atomic E-state index is -3.53. The highest BCUT2D eigenvalue weighted by molar-refractivity contribution is 9.10. The number of nitrogens with one attached hydrogen (secondary N) is 1. The largest absolute Gasteiger partial charge is 0.496 e. The van der Waals surface area contributed by atoms with E-state index in [1.165, 1.54) is 34.1 Å². The van der Waals surface area contributed by atoms with Crippen LogP contribution in [-0.4, -0.2) is 58.0 Å². The Balaban J connectivity index is 3.13. The second-order valence-electron chi connectivity index (χ2n) is 7.59. The maximum Gasteiger partial charge on any atom is 0.308 e. The first-order valence-corrected chi connectivity index (χ1v) is 9.72. The van der Waals surface area contributed by atoms with Crippen molar-refractivity contribution >= 4 is 27.8 Å². The quantitative estimate of drug-likeness (QED) is 0.247. The van der Waals surface area contributed by atoms with Gasteiger partial charge < -0.3 is 40.0 Å². The third-order valence-electron chi connectivity index (χ3n) is 4.08. The van der Waals surface area contributed by atoms with Crippen molar-refractivity contribution in [2.24, 2.45) is 5.92 Å². The number of aliphatic hydroxyl groups is 4. The Morgan fingerprint density at radius 1 is 1.07 bits per heavy atom. The van der Waals surface area contributed by atoms with Gasteiger partial charge in [0.15, 0.2) is 0 Å². The molecule has 0 heterocycles. The Morgan fingerprint density at radius 2 is 1.60 bits per heavy atom. The molecule has 1 aromatic carbocycles. The summed E-state index contributed by atoms with van der Waals surface area (Å²) < 4.78 is 15.7. The molecule has 30 heavy (non-hydrogen) atoms. The molecule has 0 unspecified atom stereocenters. The lowest BCUT2D eigenvalue weighted by Gasteiger charge is -2.36. The molecule has 0 aliphatic carbocycles. The van der Waals surface area contributed by atoms with Gasteiger partial charge in [-0.2, -0.15) is 0 Å². The van der Waals surface area contributed by atoms with Gasteiger partial charge in [-0.25, -0.2) is 0 Å². The van der Waals surface area contributed by atoms with Crippen LogP contribution >= 0.6 is 15.9 Å². The van der Waals surface area contributed by atoms with Crippen LogP contribution in [0.1, 0.15) is 39.7 Å². The van der Waals surface area contributed by atoms with Crippen molar-refractivity contribution in [3.8, 4) is 11.5 Å². The molecule has 0 aliphatic rings. The highest BCUT2D eigenvalue weighted by atomic mass is 79.9. The number of amides is 1. The molecule has 0 fully saturated rings. The third kappa shape index (κ3) is 6.05. The molecule has 0 spiro atoms. The van der Waals surface area contributed by atoms with E-state index in [2.05, 4.69) is 15.9 Å². The van der Waals surface area contributed by atoms with Crippen LogP contribution < -0.4 is 14.8 Å². The van der Waals surface area contributed by atoms with E-state index in [0.717, 1.165) is 6.07 Å². The summed E-state index contributed by atoms with van der Waals surface area (Å²) in [5.41, 5.74) is -1.77. The molecule has 5 N–H and O–H groups in total. The highest BCUT2D eigenvalue weighted by Gasteiger charge is 2.52. The molecule has 11 heteroatoms. The predicted molar refractivity (Wildman–Crippen MR) is 108 cm³/mol. The lowest BCUT2D eigenvalue weighted by molar-refractivity contribution is -0.375. The number of methoxy groups -OCH3 is 2. The van der Waals surface area contributed by atoms with E-state index < -0.39 is 47.1 Å². The van der Waals surface area contributed by atoms with Crippen LogP contribution in [-0.2, 0) is 20.1 Å². The van der Waals surface area contributed by atoms with Crippen molar-refractivity contribution in [2.75, 3.05) is 14.2 Å². The Labute approximate surface area is 182 Å². The average molecular weight is 494 g/mol. The van der Waals surface area contributed by atoms with Crippen molar-refractivity contribution in [1.82, 2.24) is 5.32 Å². The van der Waals surface area contributed by atoms with Crippen LogP contribution in [0.4, 0.5) is 0 Å². The van der Waals surface area contributed by atoms with E-state index in [0.29, 0.717) is 4.47 Å². The van der Waals surface area contributed by atoms with Crippen LogP contribution in [0.2, 0.25) is 0 Å². The first kappa shape index (κ1) is 26.1. The fourth-order valence-corrected chi connectivity index (χ4v) is 2.94.